The SMILES string of the molecule is CC(C=O)(Oc1ccc(Br)cc1)C(=O)O. The third-order valence-electron chi connectivity index (χ3n) is 1.79. The van der Waals surface area contributed by atoms with Gasteiger partial charge in [0.1, 0.15) is 5.75 Å². The van der Waals surface area contributed by atoms with E-state index in [-0.39, 0.29) is 6.29 Å². The maximum Gasteiger partial charge on any atom is 0.355 e. The van der Waals surface area contributed by atoms with E-state index in [9.17, 15) is 9.59 Å². The highest BCUT2D eigenvalue weighted by Gasteiger charge is 2.35. The number of carbonyl (C=O) groups excluding carboxylic acids is 1. The van der Waals surface area contributed by atoms with Gasteiger partial charge in [-0.25, -0.2) is 4.79 Å². The maximum atomic E-state index is 10.8. The van der Waals surface area contributed by atoms with Crippen molar-refractivity contribution in [1.29, 1.82) is 0 Å². The van der Waals surface area contributed by atoms with Crippen LogP contribution in [0.4, 0.5) is 0 Å². The highest BCUT2D eigenvalue weighted by atomic mass is 79.9. The molecule has 1 aromatic rings. The normalized spacial score (nSPS) is 14.0. The second-order valence-electron chi connectivity index (χ2n) is 3.09. The first-order valence-electron chi connectivity index (χ1n) is 4.12. The van der Waals surface area contributed by atoms with E-state index in [4.69, 9.17) is 9.84 Å². The lowest BCUT2D eigenvalue weighted by atomic mass is 10.1. The van der Waals surface area contributed by atoms with Gasteiger partial charge in [0.15, 0.2) is 6.29 Å². The van der Waals surface area contributed by atoms with Gasteiger partial charge in [-0.05, 0) is 31.2 Å². The maximum absolute atomic E-state index is 10.8. The van der Waals surface area contributed by atoms with Gasteiger partial charge in [-0.2, -0.15) is 0 Å². The second kappa shape index (κ2) is 4.44. The van der Waals surface area contributed by atoms with E-state index in [1.54, 1.807) is 24.3 Å². The van der Waals surface area contributed by atoms with E-state index in [1.165, 1.54) is 6.92 Å². The largest absolute Gasteiger partial charge is 0.478 e. The molecule has 1 aromatic carbocycles. The van der Waals surface area contributed by atoms with E-state index >= 15 is 0 Å². The molecule has 1 unspecified atom stereocenters. The van der Waals surface area contributed by atoms with Crippen molar-refractivity contribution in [3.05, 3.63) is 28.7 Å². The fourth-order valence-corrected chi connectivity index (χ4v) is 1.13. The molecule has 0 aliphatic heterocycles. The number of hydrogen-bond donors (Lipinski definition) is 1. The van der Waals surface area contributed by atoms with Crippen molar-refractivity contribution in [3.8, 4) is 5.75 Å². The number of rotatable bonds is 4. The molecule has 0 fully saturated rings. The Kier molecular flexibility index (Phi) is 3.47. The van der Waals surface area contributed by atoms with Gasteiger partial charge in [-0.15, -0.1) is 0 Å². The van der Waals surface area contributed by atoms with Gasteiger partial charge in [0.2, 0.25) is 0 Å². The van der Waals surface area contributed by atoms with Gasteiger partial charge in [-0.3, -0.25) is 4.79 Å². The number of carboxylic acid groups (broad SMARTS) is 1. The van der Waals surface area contributed by atoms with Gasteiger partial charge in [0.25, 0.3) is 5.60 Å². The van der Waals surface area contributed by atoms with Crippen molar-refractivity contribution in [3.63, 3.8) is 0 Å². The molecule has 0 heterocycles. The molecule has 5 heteroatoms. The molecule has 1 N–H and O–H groups in total. The Labute approximate surface area is 95.0 Å². The third-order valence-corrected chi connectivity index (χ3v) is 2.32. The van der Waals surface area contributed by atoms with Crippen LogP contribution in [0.15, 0.2) is 28.7 Å². The highest BCUT2D eigenvalue weighted by molar-refractivity contribution is 9.10. The summed E-state index contributed by atoms with van der Waals surface area (Å²) in [6.07, 6.45) is 0.261. The fraction of sp³-hybridized carbons (Fsp3) is 0.200. The second-order valence-corrected chi connectivity index (χ2v) is 4.00. The average molecular weight is 273 g/mol. The number of halogens is 1. The van der Waals surface area contributed by atoms with Crippen molar-refractivity contribution >= 4 is 28.2 Å². The van der Waals surface area contributed by atoms with Crippen LogP contribution in [-0.4, -0.2) is 23.0 Å². The van der Waals surface area contributed by atoms with Crippen LogP contribution in [0.2, 0.25) is 0 Å². The van der Waals surface area contributed by atoms with E-state index in [0.29, 0.717) is 5.75 Å². The number of benzene rings is 1. The van der Waals surface area contributed by atoms with Crippen LogP contribution in [-0.2, 0) is 9.59 Å². The van der Waals surface area contributed by atoms with E-state index in [2.05, 4.69) is 15.9 Å². The summed E-state index contributed by atoms with van der Waals surface area (Å²) in [6.45, 7) is 1.20. The fourth-order valence-electron chi connectivity index (χ4n) is 0.866. The van der Waals surface area contributed by atoms with Crippen molar-refractivity contribution in [2.75, 3.05) is 0 Å². The molecular formula is C10H9BrO4. The Balaban J connectivity index is 2.89. The first-order chi connectivity index (χ1) is 6.98. The minimum absolute atomic E-state index is 0.261. The molecule has 0 aromatic heterocycles. The Morgan fingerprint density at radius 2 is 2.00 bits per heavy atom. The van der Waals surface area contributed by atoms with Gasteiger partial charge in [0.05, 0.1) is 0 Å². The van der Waals surface area contributed by atoms with Crippen LogP contribution in [0.25, 0.3) is 0 Å². The summed E-state index contributed by atoms with van der Waals surface area (Å²) in [5, 5.41) is 8.78. The third kappa shape index (κ3) is 2.79. The molecule has 1 atom stereocenters. The number of carboxylic acids is 1. The van der Waals surface area contributed by atoms with Gasteiger partial charge in [-0.1, -0.05) is 15.9 Å². The lowest BCUT2D eigenvalue weighted by Gasteiger charge is -2.19. The molecule has 0 aliphatic rings. The Bertz CT molecular complexity index is 374. The number of ether oxygens (including phenoxy) is 1. The van der Waals surface area contributed by atoms with E-state index in [1.807, 2.05) is 0 Å². The molecule has 0 spiro atoms. The quantitative estimate of drug-likeness (QED) is 0.672. The smallest absolute Gasteiger partial charge is 0.355 e. The summed E-state index contributed by atoms with van der Waals surface area (Å²) < 4.78 is 5.92. The van der Waals surface area contributed by atoms with Crippen molar-refractivity contribution in [2.24, 2.45) is 0 Å². The molecule has 0 amide bonds. The number of aldehydes is 1. The Morgan fingerprint density at radius 1 is 1.47 bits per heavy atom. The summed E-state index contributed by atoms with van der Waals surface area (Å²) in [6, 6.07) is 6.55. The molecular weight excluding hydrogens is 264 g/mol. The topological polar surface area (TPSA) is 63.6 Å². The highest BCUT2D eigenvalue weighted by Crippen LogP contribution is 2.20. The summed E-state index contributed by atoms with van der Waals surface area (Å²) in [7, 11) is 0. The standard InChI is InChI=1S/C10H9BrO4/c1-10(6-12,9(13)14)15-8-4-2-7(11)3-5-8/h2-6H,1H3,(H,13,14). The lowest BCUT2D eigenvalue weighted by Crippen LogP contribution is -2.43. The number of hydrogen-bond acceptors (Lipinski definition) is 3. The summed E-state index contributed by atoms with van der Waals surface area (Å²) in [5.74, 6) is -0.990. The average Bonchev–Trinajstić information content (AvgIpc) is 2.21. The molecule has 1 rings (SSSR count). The monoisotopic (exact) mass is 272 g/mol. The first-order valence-corrected chi connectivity index (χ1v) is 4.91. The van der Waals surface area contributed by atoms with E-state index < -0.39 is 11.6 Å². The molecule has 0 aliphatic carbocycles. The van der Waals surface area contributed by atoms with Crippen LogP contribution in [0.1, 0.15) is 6.92 Å². The van der Waals surface area contributed by atoms with Crippen LogP contribution < -0.4 is 4.74 Å². The summed E-state index contributed by atoms with van der Waals surface area (Å²) in [5.41, 5.74) is -1.84. The summed E-state index contributed by atoms with van der Waals surface area (Å²) >= 11 is 3.23. The van der Waals surface area contributed by atoms with Crippen molar-refractivity contribution in [1.82, 2.24) is 0 Å². The predicted molar refractivity (Wildman–Crippen MR) is 56.9 cm³/mol. The van der Waals surface area contributed by atoms with Crippen LogP contribution >= 0.6 is 15.9 Å². The zero-order valence-corrected chi connectivity index (χ0v) is 9.52. The van der Waals surface area contributed by atoms with Gasteiger partial charge >= 0.3 is 5.97 Å². The van der Waals surface area contributed by atoms with Gasteiger partial charge in [0, 0.05) is 4.47 Å². The zero-order valence-electron chi connectivity index (χ0n) is 7.94. The molecule has 0 radical (unpaired) electrons. The number of carbonyl (C=O) groups is 2. The van der Waals surface area contributed by atoms with Crippen molar-refractivity contribution < 1.29 is 19.4 Å². The van der Waals surface area contributed by atoms with Crippen LogP contribution in [0.5, 0.6) is 5.75 Å². The van der Waals surface area contributed by atoms with Gasteiger partial charge < -0.3 is 9.84 Å². The zero-order chi connectivity index (χ0) is 11.5. The molecule has 0 bridgehead atoms. The number of aliphatic carboxylic acids is 1. The van der Waals surface area contributed by atoms with E-state index in [0.717, 1.165) is 4.47 Å². The first kappa shape index (κ1) is 11.7. The molecule has 80 valence electrons. The minimum Gasteiger partial charge on any atom is -0.478 e. The minimum atomic E-state index is -1.84. The molecule has 15 heavy (non-hydrogen) atoms. The summed E-state index contributed by atoms with van der Waals surface area (Å²) in [4.78, 5) is 21.4. The molecule has 0 saturated heterocycles. The Morgan fingerprint density at radius 3 is 2.40 bits per heavy atom. The molecule has 0 saturated carbocycles. The Hall–Kier alpha value is -1.36. The predicted octanol–water partition coefficient (Wildman–Crippen LogP) is 1.87. The van der Waals surface area contributed by atoms with Crippen LogP contribution in [0.3, 0.4) is 0 Å². The van der Waals surface area contributed by atoms with Crippen LogP contribution in [0, 0.1) is 0 Å². The lowest BCUT2D eigenvalue weighted by molar-refractivity contribution is -0.155. The van der Waals surface area contributed by atoms with Crippen molar-refractivity contribution in [2.45, 2.75) is 12.5 Å². The molecule has 4 nitrogen and oxygen atoms in total.